The van der Waals surface area contributed by atoms with Gasteiger partial charge in [0.1, 0.15) is 30.8 Å². The van der Waals surface area contributed by atoms with E-state index < -0.39 is 11.9 Å². The summed E-state index contributed by atoms with van der Waals surface area (Å²) in [6, 6.07) is 15.5. The molecule has 0 saturated carbocycles. The van der Waals surface area contributed by atoms with Crippen molar-refractivity contribution in [3.63, 3.8) is 0 Å². The van der Waals surface area contributed by atoms with Gasteiger partial charge in [0.2, 0.25) is 0 Å². The van der Waals surface area contributed by atoms with Crippen molar-refractivity contribution in [1.29, 1.82) is 5.26 Å². The van der Waals surface area contributed by atoms with Gasteiger partial charge in [0.05, 0.1) is 57.3 Å². The number of ether oxygens (including phenoxy) is 6. The van der Waals surface area contributed by atoms with E-state index in [1.165, 1.54) is 48.6 Å². The van der Waals surface area contributed by atoms with Gasteiger partial charge in [-0.2, -0.15) is 5.26 Å². The summed E-state index contributed by atoms with van der Waals surface area (Å²) in [5, 5.41) is 10.1. The topological polar surface area (TPSA) is 126 Å². The van der Waals surface area contributed by atoms with Crippen LogP contribution >= 0.6 is 0 Å². The molecule has 1 atom stereocenters. The highest BCUT2D eigenvalue weighted by Gasteiger charge is 2.21. The van der Waals surface area contributed by atoms with Gasteiger partial charge < -0.3 is 28.4 Å². The van der Waals surface area contributed by atoms with Crippen molar-refractivity contribution in [2.24, 2.45) is 0 Å². The number of fused-ring (bicyclic) bond motifs is 3. The van der Waals surface area contributed by atoms with Crippen LogP contribution in [0, 0.1) is 11.3 Å². The Morgan fingerprint density at radius 1 is 0.860 bits per heavy atom. The van der Waals surface area contributed by atoms with Gasteiger partial charge in [-0.05, 0) is 83.3 Å². The maximum Gasteiger partial charge on any atom is 0.338 e. The van der Waals surface area contributed by atoms with Crippen LogP contribution in [0.3, 0.4) is 0 Å². The highest BCUT2D eigenvalue weighted by Crippen LogP contribution is 2.39. The molecule has 1 aromatic heterocycles. The lowest BCUT2D eigenvalue weighted by Gasteiger charge is -2.15. The third-order valence-corrected chi connectivity index (χ3v) is 8.69. The largest absolute Gasteiger partial charge is 0.494 e. The summed E-state index contributed by atoms with van der Waals surface area (Å²) in [4.78, 5) is 28.4. The molecule has 260 valence electrons. The summed E-state index contributed by atoms with van der Waals surface area (Å²) in [7, 11) is 2.47. The quantitative estimate of drug-likeness (QED) is 0.130. The predicted octanol–water partition coefficient (Wildman–Crippen LogP) is 7.01. The summed E-state index contributed by atoms with van der Waals surface area (Å²) in [6.07, 6.45) is 13.4. The molecule has 0 amide bonds. The molecule has 2 aromatic carbocycles. The summed E-state index contributed by atoms with van der Waals surface area (Å²) in [5.41, 5.74) is 7.80. The molecule has 10 nitrogen and oxygen atoms in total. The van der Waals surface area contributed by atoms with Gasteiger partial charge in [-0.15, -0.1) is 0 Å². The average molecular weight is 679 g/mol. The van der Waals surface area contributed by atoms with E-state index in [1.807, 2.05) is 18.5 Å². The van der Waals surface area contributed by atoms with Crippen molar-refractivity contribution < 1.29 is 38.0 Å². The van der Waals surface area contributed by atoms with Gasteiger partial charge in [-0.3, -0.25) is 4.98 Å². The smallest absolute Gasteiger partial charge is 0.338 e. The Labute approximate surface area is 292 Å². The number of esters is 2. The number of pyridine rings is 1. The van der Waals surface area contributed by atoms with E-state index in [4.69, 9.17) is 28.4 Å². The summed E-state index contributed by atoms with van der Waals surface area (Å²) in [5.74, 6) is 0.207. The van der Waals surface area contributed by atoms with Gasteiger partial charge in [-0.1, -0.05) is 37.3 Å². The Morgan fingerprint density at radius 3 is 2.36 bits per heavy atom. The van der Waals surface area contributed by atoms with E-state index in [2.05, 4.69) is 54.4 Å². The lowest BCUT2D eigenvalue weighted by molar-refractivity contribution is 0.0190. The molecule has 1 unspecified atom stereocenters. The molecule has 2 aliphatic carbocycles. The maximum atomic E-state index is 12.1. The predicted molar refractivity (Wildman–Crippen MR) is 188 cm³/mol. The molecule has 2 aliphatic rings. The SMILES string of the molecule is COC(=O)c1ccc(OCCOCCOCCOC2=C(C#N)C=C(c3ccc4c(c3)CCC(C)c3ccncc3-4)C=CCC2)cc1C(=O)OC. The Balaban J connectivity index is 1.08. The number of carbonyl (C=O) groups excluding carboxylic acids is 2. The molecule has 0 spiro atoms. The molecule has 0 aliphatic heterocycles. The monoisotopic (exact) mass is 678 g/mol. The number of hydrogen-bond acceptors (Lipinski definition) is 10. The van der Waals surface area contributed by atoms with E-state index in [-0.39, 0.29) is 17.7 Å². The highest BCUT2D eigenvalue weighted by atomic mass is 16.6. The zero-order chi connectivity index (χ0) is 35.3. The molecule has 0 radical (unpaired) electrons. The molecule has 10 heteroatoms. The fourth-order valence-corrected chi connectivity index (χ4v) is 6.04. The first-order chi connectivity index (χ1) is 24.4. The molecular formula is C40H42N2O8. The van der Waals surface area contributed by atoms with Crippen LogP contribution in [-0.2, 0) is 30.1 Å². The number of aromatic nitrogens is 1. The first-order valence-electron chi connectivity index (χ1n) is 16.7. The normalized spacial score (nSPS) is 15.3. The van der Waals surface area contributed by atoms with Crippen LogP contribution in [-0.4, -0.2) is 70.8 Å². The lowest BCUT2D eigenvalue weighted by atomic mass is 9.92. The van der Waals surface area contributed by atoms with Gasteiger partial charge in [0, 0.05) is 24.4 Å². The molecule has 0 bridgehead atoms. The van der Waals surface area contributed by atoms with Crippen molar-refractivity contribution in [1.82, 2.24) is 4.98 Å². The van der Waals surface area contributed by atoms with Crippen LogP contribution in [0.5, 0.6) is 5.75 Å². The minimum Gasteiger partial charge on any atom is -0.494 e. The zero-order valence-electron chi connectivity index (χ0n) is 28.7. The molecule has 5 rings (SSSR count). The average Bonchev–Trinajstić information content (AvgIpc) is 3.28. The zero-order valence-corrected chi connectivity index (χ0v) is 28.7. The summed E-state index contributed by atoms with van der Waals surface area (Å²) < 4.78 is 32.4. The fourth-order valence-electron chi connectivity index (χ4n) is 6.04. The first kappa shape index (κ1) is 36.1. The van der Waals surface area contributed by atoms with Crippen molar-refractivity contribution in [3.05, 3.63) is 112 Å². The van der Waals surface area contributed by atoms with Crippen LogP contribution in [0.25, 0.3) is 16.7 Å². The number of methoxy groups -OCH3 is 2. The molecule has 1 heterocycles. The van der Waals surface area contributed by atoms with Crippen LogP contribution in [0.1, 0.15) is 69.5 Å². The second-order valence-corrected chi connectivity index (χ2v) is 11.9. The van der Waals surface area contributed by atoms with Crippen LogP contribution in [0.2, 0.25) is 0 Å². The lowest BCUT2D eigenvalue weighted by Crippen LogP contribution is -2.14. The number of nitriles is 1. The minimum absolute atomic E-state index is 0.0581. The Hall–Kier alpha value is -5.24. The minimum atomic E-state index is -0.665. The number of benzene rings is 2. The molecule has 0 saturated heterocycles. The summed E-state index contributed by atoms with van der Waals surface area (Å²) >= 11 is 0. The van der Waals surface area contributed by atoms with E-state index in [9.17, 15) is 14.9 Å². The molecule has 0 N–H and O–H groups in total. The number of aryl methyl sites for hydroxylation is 1. The van der Waals surface area contributed by atoms with Crippen molar-refractivity contribution in [2.45, 2.75) is 38.5 Å². The van der Waals surface area contributed by atoms with Gasteiger partial charge >= 0.3 is 11.9 Å². The Bertz CT molecular complexity index is 1820. The van der Waals surface area contributed by atoms with Crippen molar-refractivity contribution in [2.75, 3.05) is 53.9 Å². The number of rotatable bonds is 14. The highest BCUT2D eigenvalue weighted by molar-refractivity contribution is 6.03. The first-order valence-corrected chi connectivity index (χ1v) is 16.7. The fraction of sp³-hybridized carbons (Fsp3) is 0.350. The van der Waals surface area contributed by atoms with Gasteiger partial charge in [0.15, 0.2) is 0 Å². The van der Waals surface area contributed by atoms with E-state index in [0.717, 1.165) is 30.4 Å². The third-order valence-electron chi connectivity index (χ3n) is 8.69. The maximum absolute atomic E-state index is 12.1. The number of hydrogen-bond donors (Lipinski definition) is 0. The summed E-state index contributed by atoms with van der Waals surface area (Å²) in [6.45, 7) is 4.16. The van der Waals surface area contributed by atoms with E-state index in [0.29, 0.717) is 62.5 Å². The van der Waals surface area contributed by atoms with Crippen molar-refractivity contribution >= 4 is 17.5 Å². The van der Waals surface area contributed by atoms with Gasteiger partial charge in [0.25, 0.3) is 0 Å². The molecule has 3 aromatic rings. The van der Waals surface area contributed by atoms with Crippen LogP contribution < -0.4 is 4.74 Å². The Morgan fingerprint density at radius 2 is 1.60 bits per heavy atom. The second kappa shape index (κ2) is 18.0. The van der Waals surface area contributed by atoms with Crippen LogP contribution in [0.4, 0.5) is 0 Å². The second-order valence-electron chi connectivity index (χ2n) is 11.9. The Kier molecular flexibility index (Phi) is 12.9. The third kappa shape index (κ3) is 9.05. The van der Waals surface area contributed by atoms with E-state index >= 15 is 0 Å². The van der Waals surface area contributed by atoms with Crippen molar-refractivity contribution in [3.8, 4) is 22.9 Å². The molecular weight excluding hydrogens is 636 g/mol. The molecule has 0 fully saturated rings. The standard InChI is InChI=1S/C40H42N2O8/c1-27-8-9-30-22-29(10-12-34(30)37-26-42-15-14-33(27)37)28-6-4-5-7-38(31(23-28)25-41)50-21-19-48-17-16-47-18-20-49-32-11-13-35(39(43)45-2)36(24-32)40(44)46-3/h4,6,10-15,22-24,26-27H,5,7-9,16-21H2,1-3H3. The number of allylic oxidation sites excluding steroid dienone is 6. The molecule has 50 heavy (non-hydrogen) atoms. The van der Waals surface area contributed by atoms with E-state index in [1.54, 1.807) is 6.07 Å². The number of nitrogens with zero attached hydrogens (tertiary/aromatic N) is 2. The number of carbonyl (C=O) groups is 2. The van der Waals surface area contributed by atoms with Crippen LogP contribution in [0.15, 0.2) is 84.4 Å². The van der Waals surface area contributed by atoms with Gasteiger partial charge in [-0.25, -0.2) is 9.59 Å².